The summed E-state index contributed by atoms with van der Waals surface area (Å²) >= 11 is 8.71. The van der Waals surface area contributed by atoms with E-state index in [2.05, 4.69) is 34.7 Å². The van der Waals surface area contributed by atoms with Gasteiger partial charge >= 0.3 is 0 Å². The first-order valence-electron chi connectivity index (χ1n) is 8.40. The number of rotatable bonds is 6. The van der Waals surface area contributed by atoms with Crippen molar-refractivity contribution < 1.29 is 9.59 Å². The number of halogens is 1. The molecule has 1 aliphatic rings. The summed E-state index contributed by atoms with van der Waals surface area (Å²) in [5.74, 6) is -0.0848. The fourth-order valence-electron chi connectivity index (χ4n) is 2.68. The molecule has 0 bridgehead atoms. The number of carbonyl (C=O) groups is 2. The first kappa shape index (κ1) is 19.1. The summed E-state index contributed by atoms with van der Waals surface area (Å²) in [6.45, 7) is 4.22. The van der Waals surface area contributed by atoms with Gasteiger partial charge < -0.3 is 10.6 Å². The van der Waals surface area contributed by atoms with Gasteiger partial charge in [-0.25, -0.2) is 0 Å². The van der Waals surface area contributed by atoms with Gasteiger partial charge in [0, 0.05) is 22.3 Å². The molecule has 6 nitrogen and oxygen atoms in total. The topological polar surface area (TPSA) is 84.0 Å². The van der Waals surface area contributed by atoms with E-state index in [0.29, 0.717) is 21.8 Å². The van der Waals surface area contributed by atoms with E-state index >= 15 is 0 Å². The van der Waals surface area contributed by atoms with E-state index in [1.807, 2.05) is 6.07 Å². The maximum absolute atomic E-state index is 12.3. The van der Waals surface area contributed by atoms with Crippen LogP contribution >= 0.6 is 34.7 Å². The smallest absolute Gasteiger partial charge is 0.238 e. The van der Waals surface area contributed by atoms with Crippen LogP contribution in [0.3, 0.4) is 0 Å². The van der Waals surface area contributed by atoms with E-state index in [1.165, 1.54) is 23.1 Å². The first-order chi connectivity index (χ1) is 12.5. The molecule has 9 heteroatoms. The molecular weight excluding hydrogens is 392 g/mol. The van der Waals surface area contributed by atoms with Crippen LogP contribution in [0.4, 0.5) is 10.8 Å². The number of aromatic nitrogens is 2. The number of nitrogens with one attached hydrogen (secondary N) is 2. The van der Waals surface area contributed by atoms with Crippen LogP contribution in [0.1, 0.15) is 44.0 Å². The molecule has 0 radical (unpaired) electrons. The lowest BCUT2D eigenvalue weighted by molar-refractivity contribution is -0.120. The first-order valence-corrected chi connectivity index (χ1v) is 10.5. The van der Waals surface area contributed by atoms with Crippen LogP contribution in [0, 0.1) is 0 Å². The highest BCUT2D eigenvalue weighted by atomic mass is 35.5. The largest absolute Gasteiger partial charge is 0.324 e. The summed E-state index contributed by atoms with van der Waals surface area (Å²) in [5, 5.41) is 15.3. The average molecular weight is 411 g/mol. The van der Waals surface area contributed by atoms with Gasteiger partial charge in [0.15, 0.2) is 0 Å². The van der Waals surface area contributed by atoms with Crippen molar-refractivity contribution in [2.24, 2.45) is 0 Å². The van der Waals surface area contributed by atoms with Gasteiger partial charge in [-0.05, 0) is 31.0 Å². The lowest BCUT2D eigenvalue weighted by atomic mass is 10.1. The predicted molar refractivity (Wildman–Crippen MR) is 106 cm³/mol. The van der Waals surface area contributed by atoms with Crippen molar-refractivity contribution >= 4 is 57.3 Å². The Morgan fingerprint density at radius 2 is 2.12 bits per heavy atom. The van der Waals surface area contributed by atoms with E-state index < -0.39 is 5.25 Å². The average Bonchev–Trinajstić information content (AvgIpc) is 3.05. The fourth-order valence-corrected chi connectivity index (χ4v) is 4.97. The molecule has 1 unspecified atom stereocenters. The molecule has 2 heterocycles. The molecule has 26 heavy (non-hydrogen) atoms. The van der Waals surface area contributed by atoms with Gasteiger partial charge in [0.1, 0.15) is 5.01 Å². The second kappa shape index (κ2) is 8.37. The molecule has 0 saturated heterocycles. The van der Waals surface area contributed by atoms with Gasteiger partial charge in [-0.2, -0.15) is 0 Å². The van der Waals surface area contributed by atoms with Crippen LogP contribution in [-0.2, 0) is 9.59 Å². The zero-order chi connectivity index (χ0) is 18.7. The van der Waals surface area contributed by atoms with Crippen molar-refractivity contribution in [2.45, 2.75) is 49.2 Å². The highest BCUT2D eigenvalue weighted by molar-refractivity contribution is 8.01. The Balaban J connectivity index is 1.62. The summed E-state index contributed by atoms with van der Waals surface area (Å²) in [6.07, 6.45) is 2.04. The minimum atomic E-state index is -0.491. The van der Waals surface area contributed by atoms with E-state index in [0.717, 1.165) is 22.7 Å². The van der Waals surface area contributed by atoms with Crippen molar-refractivity contribution in [1.82, 2.24) is 10.2 Å². The molecule has 1 aromatic carbocycles. The normalized spacial score (nSPS) is 16.3. The molecule has 0 aliphatic carbocycles. The van der Waals surface area contributed by atoms with Crippen LogP contribution in [0.25, 0.3) is 0 Å². The second-order valence-electron chi connectivity index (χ2n) is 5.95. The van der Waals surface area contributed by atoms with Crippen molar-refractivity contribution in [3.05, 3.63) is 28.2 Å². The van der Waals surface area contributed by atoms with Crippen LogP contribution < -0.4 is 10.6 Å². The van der Waals surface area contributed by atoms with E-state index in [9.17, 15) is 9.59 Å². The Kier molecular flexibility index (Phi) is 6.16. The van der Waals surface area contributed by atoms with Gasteiger partial charge in [-0.15, -0.1) is 22.0 Å². The summed E-state index contributed by atoms with van der Waals surface area (Å²) in [6, 6.07) is 5.32. The van der Waals surface area contributed by atoms with Crippen LogP contribution in [0.5, 0.6) is 0 Å². The maximum atomic E-state index is 12.3. The summed E-state index contributed by atoms with van der Waals surface area (Å²) in [5.41, 5.74) is 0.683. The van der Waals surface area contributed by atoms with Gasteiger partial charge in [0.05, 0.1) is 10.9 Å². The third-order valence-electron chi connectivity index (χ3n) is 4.15. The van der Waals surface area contributed by atoms with Crippen molar-refractivity contribution in [3.63, 3.8) is 0 Å². The quantitative estimate of drug-likeness (QED) is 0.730. The Hall–Kier alpha value is -1.64. The third kappa shape index (κ3) is 4.36. The van der Waals surface area contributed by atoms with Crippen molar-refractivity contribution in [1.29, 1.82) is 0 Å². The molecule has 0 fully saturated rings. The number of amides is 2. The second-order valence-corrected chi connectivity index (χ2v) is 8.64. The van der Waals surface area contributed by atoms with E-state index in [4.69, 9.17) is 11.6 Å². The van der Waals surface area contributed by atoms with Crippen molar-refractivity contribution in [2.75, 3.05) is 10.6 Å². The van der Waals surface area contributed by atoms with E-state index in [1.54, 1.807) is 12.1 Å². The maximum Gasteiger partial charge on any atom is 0.238 e. The minimum absolute atomic E-state index is 0.0679. The van der Waals surface area contributed by atoms with Crippen LogP contribution in [0.2, 0.25) is 5.02 Å². The zero-order valence-electron chi connectivity index (χ0n) is 14.4. The highest BCUT2D eigenvalue weighted by Gasteiger charge is 2.29. The number of carbonyl (C=O) groups excluding carboxylic acids is 2. The van der Waals surface area contributed by atoms with Gasteiger partial charge in [0.25, 0.3) is 0 Å². The van der Waals surface area contributed by atoms with Crippen LogP contribution in [-0.4, -0.2) is 27.3 Å². The molecule has 0 saturated carbocycles. The van der Waals surface area contributed by atoms with Gasteiger partial charge in [-0.3, -0.25) is 9.59 Å². The number of thioether (sulfide) groups is 1. The third-order valence-corrected chi connectivity index (χ3v) is 6.67. The molecule has 138 valence electrons. The number of benzene rings is 1. The zero-order valence-corrected chi connectivity index (χ0v) is 16.8. The van der Waals surface area contributed by atoms with Crippen LogP contribution in [0.15, 0.2) is 23.1 Å². The fraction of sp³-hybridized carbons (Fsp3) is 0.412. The molecule has 1 aliphatic heterocycles. The lowest BCUT2D eigenvalue weighted by Gasteiger charge is -2.23. The molecular formula is C17H19ClN4O2S2. The number of nitrogens with zero attached hydrogens (tertiary/aromatic N) is 2. The number of hydrogen-bond donors (Lipinski definition) is 2. The molecule has 2 N–H and O–H groups in total. The van der Waals surface area contributed by atoms with Gasteiger partial charge in [0.2, 0.25) is 16.9 Å². The Bertz CT molecular complexity index is 823. The highest BCUT2D eigenvalue weighted by Crippen LogP contribution is 2.38. The molecule has 2 amide bonds. The summed E-state index contributed by atoms with van der Waals surface area (Å²) in [7, 11) is 0. The monoisotopic (exact) mass is 410 g/mol. The minimum Gasteiger partial charge on any atom is -0.324 e. The molecule has 1 atom stereocenters. The van der Waals surface area contributed by atoms with Crippen molar-refractivity contribution in [3.8, 4) is 0 Å². The molecule has 2 aromatic rings. The standard InChI is InChI=1S/C17H19ClN4O2S2/c1-3-9(4-2)16-21-22-17(26-16)20-14(23)8-13-15(24)19-11-7-10(18)5-6-12(11)25-13/h5-7,9,13H,3-4,8H2,1-2H3,(H,19,24)(H,20,22,23). The number of fused-ring (bicyclic) bond motifs is 1. The Morgan fingerprint density at radius 1 is 1.35 bits per heavy atom. The molecule has 1 aromatic heterocycles. The molecule has 0 spiro atoms. The number of hydrogen-bond acceptors (Lipinski definition) is 6. The molecule has 3 rings (SSSR count). The SMILES string of the molecule is CCC(CC)c1nnc(NC(=O)CC2Sc3ccc(Cl)cc3NC2=O)s1. The van der Waals surface area contributed by atoms with E-state index in [-0.39, 0.29) is 18.2 Å². The number of anilines is 2. The summed E-state index contributed by atoms with van der Waals surface area (Å²) < 4.78 is 0. The Morgan fingerprint density at radius 3 is 2.85 bits per heavy atom. The predicted octanol–water partition coefficient (Wildman–Crippen LogP) is 4.54. The lowest BCUT2D eigenvalue weighted by Crippen LogP contribution is -2.32. The Labute approximate surface area is 165 Å². The van der Waals surface area contributed by atoms with Gasteiger partial charge in [-0.1, -0.05) is 36.8 Å². The summed E-state index contributed by atoms with van der Waals surface area (Å²) in [4.78, 5) is 25.5.